The van der Waals surface area contributed by atoms with Crippen LogP contribution in [0.1, 0.15) is 27.8 Å². The van der Waals surface area contributed by atoms with E-state index in [1.54, 1.807) is 0 Å². The van der Waals surface area contributed by atoms with E-state index < -0.39 is 0 Å². The van der Waals surface area contributed by atoms with E-state index in [4.69, 9.17) is 0 Å². The van der Waals surface area contributed by atoms with Crippen LogP contribution in [0.25, 0.3) is 0 Å². The predicted molar refractivity (Wildman–Crippen MR) is 58.5 cm³/mol. The fourth-order valence-electron chi connectivity index (χ4n) is 1.41. The Morgan fingerprint density at radius 1 is 0.769 bits per heavy atom. The third-order valence-corrected chi connectivity index (χ3v) is 2.81. The van der Waals surface area contributed by atoms with Gasteiger partial charge in [0.15, 0.2) is 0 Å². The van der Waals surface area contributed by atoms with Crippen LogP contribution in [0, 0.1) is 49.5 Å². The van der Waals surface area contributed by atoms with Crippen LogP contribution < -0.4 is 0 Å². The molecule has 0 saturated carbocycles. The first-order chi connectivity index (χ1) is 4.55. The summed E-state index contributed by atoms with van der Waals surface area (Å²) in [4.78, 5) is 0. The number of hydrogen-bond donors (Lipinski definition) is 0. The maximum atomic E-state index is 2.20. The zero-order chi connectivity index (χ0) is 7.89. The van der Waals surface area contributed by atoms with Gasteiger partial charge in [0.2, 0.25) is 0 Å². The quantitative estimate of drug-likeness (QED) is 0.453. The molecule has 0 atom stereocenters. The van der Waals surface area contributed by atoms with E-state index in [0.29, 0.717) is 0 Å². The van der Waals surface area contributed by atoms with Crippen molar-refractivity contribution >= 4 is 0 Å². The van der Waals surface area contributed by atoms with Crippen molar-refractivity contribution in [1.29, 1.82) is 0 Å². The summed E-state index contributed by atoms with van der Waals surface area (Å²) in [5.41, 5.74) is 7.34. The fourth-order valence-corrected chi connectivity index (χ4v) is 1.41. The summed E-state index contributed by atoms with van der Waals surface area (Å²) in [6.07, 6.45) is 0. The standard InChI is InChI=1S/C10H15.2CH3.Ti/c1-6-7(2)9(4)10(5)8(6)3;;;/h1-5H3;2*1H3;/q3*-1;+3. The van der Waals surface area contributed by atoms with Crippen molar-refractivity contribution in [3.05, 3.63) is 42.7 Å². The first-order valence-corrected chi connectivity index (χ1v) is 3.75. The Bertz CT molecular complexity index is 176. The third kappa shape index (κ3) is 3.04. The molecular formula is C12H21Ti. The molecule has 0 N–H and O–H groups in total. The van der Waals surface area contributed by atoms with Gasteiger partial charge in [-0.25, -0.2) is 0 Å². The van der Waals surface area contributed by atoms with Crippen LogP contribution in [-0.2, 0) is 21.7 Å². The molecule has 0 aliphatic heterocycles. The summed E-state index contributed by atoms with van der Waals surface area (Å²) < 4.78 is 0. The van der Waals surface area contributed by atoms with Gasteiger partial charge in [-0.1, -0.05) is 34.6 Å². The molecule has 73 valence electrons. The monoisotopic (exact) mass is 213 g/mol. The van der Waals surface area contributed by atoms with Gasteiger partial charge in [0.1, 0.15) is 0 Å². The van der Waals surface area contributed by atoms with Gasteiger partial charge in [-0.2, -0.15) is 27.8 Å². The van der Waals surface area contributed by atoms with E-state index in [-0.39, 0.29) is 36.6 Å². The Balaban J connectivity index is -0.000000333. The van der Waals surface area contributed by atoms with Crippen LogP contribution in [0.15, 0.2) is 0 Å². The van der Waals surface area contributed by atoms with Crippen molar-refractivity contribution < 1.29 is 21.7 Å². The molecule has 0 bridgehead atoms. The Kier molecular flexibility index (Phi) is 9.40. The van der Waals surface area contributed by atoms with Crippen molar-refractivity contribution in [2.45, 2.75) is 34.6 Å². The molecule has 0 saturated heterocycles. The minimum atomic E-state index is 0. The van der Waals surface area contributed by atoms with Crippen molar-refractivity contribution in [2.75, 3.05) is 0 Å². The normalized spacial score (nSPS) is 8.08. The minimum Gasteiger partial charge on any atom is -0.358 e. The van der Waals surface area contributed by atoms with Gasteiger partial charge in [-0.05, 0) is 0 Å². The van der Waals surface area contributed by atoms with Crippen LogP contribution in [0.3, 0.4) is 0 Å². The van der Waals surface area contributed by atoms with Gasteiger partial charge in [0, 0.05) is 0 Å². The zero-order valence-electron chi connectivity index (χ0n) is 10.0. The second-order valence-electron chi connectivity index (χ2n) is 3.12. The minimum absolute atomic E-state index is 0. The van der Waals surface area contributed by atoms with Crippen LogP contribution >= 0.6 is 0 Å². The summed E-state index contributed by atoms with van der Waals surface area (Å²) in [5, 5.41) is 0. The van der Waals surface area contributed by atoms with Gasteiger partial charge >= 0.3 is 21.7 Å². The molecule has 1 radical (unpaired) electrons. The molecule has 1 aromatic carbocycles. The van der Waals surface area contributed by atoms with E-state index in [0.717, 1.165) is 0 Å². The van der Waals surface area contributed by atoms with Gasteiger partial charge in [-0.15, -0.1) is 0 Å². The predicted octanol–water partition coefficient (Wildman–Crippen LogP) is 3.85. The van der Waals surface area contributed by atoms with Crippen LogP contribution in [0.4, 0.5) is 0 Å². The van der Waals surface area contributed by atoms with Crippen LogP contribution in [0.2, 0.25) is 0 Å². The SMILES string of the molecule is Cc1c(C)c(C)[c-](C)c1C.[CH3-].[CH3-].[Ti+3]. The Morgan fingerprint density at radius 2 is 1.00 bits per heavy atom. The largest absolute Gasteiger partial charge is 3.00 e. The van der Waals surface area contributed by atoms with Crippen molar-refractivity contribution in [1.82, 2.24) is 0 Å². The average Bonchev–Trinajstić information content (AvgIpc) is 2.07. The van der Waals surface area contributed by atoms with E-state index in [1.165, 1.54) is 27.8 Å². The van der Waals surface area contributed by atoms with Gasteiger partial charge in [0.25, 0.3) is 0 Å². The van der Waals surface area contributed by atoms with Crippen LogP contribution in [-0.4, -0.2) is 0 Å². The van der Waals surface area contributed by atoms with E-state index in [2.05, 4.69) is 34.6 Å². The maximum absolute atomic E-state index is 2.20. The van der Waals surface area contributed by atoms with Crippen molar-refractivity contribution in [3.63, 3.8) is 0 Å². The smallest absolute Gasteiger partial charge is 0.358 e. The number of hydrogen-bond acceptors (Lipinski definition) is 0. The molecule has 0 amide bonds. The molecule has 0 aromatic heterocycles. The summed E-state index contributed by atoms with van der Waals surface area (Å²) in [6, 6.07) is 0. The second kappa shape index (κ2) is 6.51. The molecule has 0 unspecified atom stereocenters. The molecule has 1 aromatic rings. The Labute approximate surface area is 99.0 Å². The van der Waals surface area contributed by atoms with E-state index in [1.807, 2.05) is 0 Å². The molecule has 0 fully saturated rings. The third-order valence-electron chi connectivity index (χ3n) is 2.81. The molecule has 13 heavy (non-hydrogen) atoms. The summed E-state index contributed by atoms with van der Waals surface area (Å²) in [5.74, 6) is 0. The molecule has 0 aliphatic rings. The van der Waals surface area contributed by atoms with Gasteiger partial charge < -0.3 is 14.9 Å². The molecule has 1 heteroatoms. The van der Waals surface area contributed by atoms with Crippen molar-refractivity contribution in [3.8, 4) is 0 Å². The maximum Gasteiger partial charge on any atom is 3.00 e. The fraction of sp³-hybridized carbons (Fsp3) is 0.417. The summed E-state index contributed by atoms with van der Waals surface area (Å²) in [7, 11) is 0. The molecule has 0 heterocycles. The first kappa shape index (κ1) is 18.8. The van der Waals surface area contributed by atoms with Crippen LogP contribution in [0.5, 0.6) is 0 Å². The Morgan fingerprint density at radius 3 is 1.08 bits per heavy atom. The zero-order valence-corrected chi connectivity index (χ0v) is 11.6. The van der Waals surface area contributed by atoms with Gasteiger partial charge in [0.05, 0.1) is 0 Å². The topological polar surface area (TPSA) is 0 Å². The Hall–Kier alpha value is 0.0643. The van der Waals surface area contributed by atoms with E-state index in [9.17, 15) is 0 Å². The van der Waals surface area contributed by atoms with E-state index >= 15 is 0 Å². The summed E-state index contributed by atoms with van der Waals surface area (Å²) >= 11 is 0. The average molecular weight is 213 g/mol. The molecular weight excluding hydrogens is 192 g/mol. The molecule has 0 aliphatic carbocycles. The first-order valence-electron chi connectivity index (χ1n) is 3.75. The van der Waals surface area contributed by atoms with Crippen molar-refractivity contribution in [2.24, 2.45) is 0 Å². The summed E-state index contributed by atoms with van der Waals surface area (Å²) in [6.45, 7) is 11.0. The molecule has 0 spiro atoms. The number of rotatable bonds is 0. The van der Waals surface area contributed by atoms with Gasteiger partial charge in [-0.3, -0.25) is 0 Å². The molecule has 1 rings (SSSR count). The molecule has 0 nitrogen and oxygen atoms in total. The second-order valence-corrected chi connectivity index (χ2v) is 3.12.